The van der Waals surface area contributed by atoms with Gasteiger partial charge in [0.25, 0.3) is 0 Å². The van der Waals surface area contributed by atoms with Crippen molar-refractivity contribution < 1.29 is 0 Å². The molecule has 0 saturated heterocycles. The Morgan fingerprint density at radius 3 is 2.19 bits per heavy atom. The van der Waals surface area contributed by atoms with Crippen LogP contribution in [0.15, 0.2) is 115 Å². The van der Waals surface area contributed by atoms with Gasteiger partial charge in [-0.15, -0.1) is 0 Å². The summed E-state index contributed by atoms with van der Waals surface area (Å²) in [6.45, 7) is 5.02. The van der Waals surface area contributed by atoms with Gasteiger partial charge in [-0.25, -0.2) is 0 Å². The summed E-state index contributed by atoms with van der Waals surface area (Å²) >= 11 is 0. The lowest BCUT2D eigenvalue weighted by molar-refractivity contribution is -0.175. The van der Waals surface area contributed by atoms with Crippen molar-refractivity contribution in [3.8, 4) is 27.9 Å². The van der Waals surface area contributed by atoms with Gasteiger partial charge in [0.1, 0.15) is 0 Å². The molecule has 300 valence electrons. The van der Waals surface area contributed by atoms with E-state index in [0.29, 0.717) is 21.7 Å². The molecule has 7 aromatic rings. The lowest BCUT2D eigenvalue weighted by Crippen LogP contribution is -2.62. The Balaban J connectivity index is 0.975. The minimum absolute atomic E-state index is 0.0820. The predicted molar refractivity (Wildman–Crippen MR) is 253 cm³/mol. The standard InChI is InChI=1S/C59H51BN2/c1-55(2)45-12-6-7-14-50(45)62-53-41(11-8-13-46(53)55)43-18-33(32-9-4-3-5-10-32)19-51-52(43)60(62)48-24-36(57-26-38-17-34-25-58(38,30-57)47(34)29-57)23-44-42-22-35(15-16-49(42)61(51)54(44)48)56-27-39-20-37-21-40(28-56)59(37,39)31-56/h3-16,18-19,22-24,34,37-40,47H,17,20-21,25-31H2,1-2H3. The Labute approximate surface area is 364 Å². The van der Waals surface area contributed by atoms with Crippen LogP contribution >= 0.6 is 0 Å². The highest BCUT2D eigenvalue weighted by Gasteiger charge is 2.78. The van der Waals surface area contributed by atoms with E-state index in [1.54, 1.807) is 16.6 Å². The molecule has 9 fully saturated rings. The van der Waals surface area contributed by atoms with Gasteiger partial charge in [-0.3, -0.25) is 0 Å². The molecule has 7 unspecified atom stereocenters. The molecule has 0 amide bonds. The molecule has 4 heterocycles. The van der Waals surface area contributed by atoms with Crippen molar-refractivity contribution in [1.29, 1.82) is 0 Å². The Morgan fingerprint density at radius 1 is 0.581 bits per heavy atom. The molecule has 19 rings (SSSR count). The smallest absolute Gasteiger partial charge is 0.333 e. The summed E-state index contributed by atoms with van der Waals surface area (Å²) in [4.78, 5) is 2.85. The molecule has 62 heavy (non-hydrogen) atoms. The SMILES string of the molecule is CC1(C)c2ccccc2N2B3c4c(cc(-c5ccccc5)cc4-n4c5ccc(C67CC8CC9CC(C6)C98C7)cc5c5cc(C67CC8CC9CC8(C6)C9C7)cc3c54)-c3cccc1c32. The van der Waals surface area contributed by atoms with Gasteiger partial charge in [0, 0.05) is 38.8 Å². The Morgan fingerprint density at radius 2 is 1.37 bits per heavy atom. The van der Waals surface area contributed by atoms with Crippen LogP contribution in [0.5, 0.6) is 0 Å². The predicted octanol–water partition coefficient (Wildman–Crippen LogP) is 12.5. The first-order valence-corrected chi connectivity index (χ1v) is 24.7. The van der Waals surface area contributed by atoms with E-state index in [-0.39, 0.29) is 12.3 Å². The normalized spacial score (nSPS) is 37.2. The van der Waals surface area contributed by atoms with E-state index in [4.69, 9.17) is 0 Å². The van der Waals surface area contributed by atoms with E-state index >= 15 is 0 Å². The lowest BCUT2D eigenvalue weighted by atomic mass is 9.38. The summed E-state index contributed by atoms with van der Waals surface area (Å²) in [5.74, 6) is 5.95. The Hall–Kier alpha value is -5.02. The third-order valence-electron chi connectivity index (χ3n) is 22.1. The van der Waals surface area contributed by atoms with Crippen LogP contribution in [-0.4, -0.2) is 11.4 Å². The maximum atomic E-state index is 2.85. The second-order valence-electron chi connectivity index (χ2n) is 24.1. The zero-order valence-electron chi connectivity index (χ0n) is 36.0. The molecule has 9 saturated carbocycles. The lowest BCUT2D eigenvalue weighted by Gasteiger charge is -2.66. The Kier molecular flexibility index (Phi) is 5.11. The molecule has 0 radical (unpaired) electrons. The molecule has 12 aliphatic rings. The van der Waals surface area contributed by atoms with Crippen LogP contribution in [0.25, 0.3) is 49.7 Å². The van der Waals surface area contributed by atoms with Crippen LogP contribution in [0.1, 0.15) is 100 Å². The third-order valence-corrected chi connectivity index (χ3v) is 22.1. The minimum Gasteiger partial charge on any atom is -0.376 e. The van der Waals surface area contributed by atoms with E-state index < -0.39 is 0 Å². The average Bonchev–Trinajstić information content (AvgIpc) is 4.12. The number of anilines is 2. The van der Waals surface area contributed by atoms with Crippen LogP contribution in [0, 0.1) is 46.3 Å². The molecular weight excluding hydrogens is 747 g/mol. The van der Waals surface area contributed by atoms with E-state index in [9.17, 15) is 0 Å². The molecule has 3 aliphatic heterocycles. The zero-order valence-corrected chi connectivity index (χ0v) is 36.0. The minimum atomic E-state index is -0.119. The number of fused-ring (bicyclic) bond motifs is 11. The Bertz CT molecular complexity index is 3300. The number of benzene rings is 6. The summed E-state index contributed by atoms with van der Waals surface area (Å²) in [6, 6.07) is 46.8. The maximum Gasteiger partial charge on any atom is 0.333 e. The molecule has 1 aromatic heterocycles. The maximum absolute atomic E-state index is 2.85. The van der Waals surface area contributed by atoms with Crippen LogP contribution in [-0.2, 0) is 16.2 Å². The number of para-hydroxylation sites is 2. The van der Waals surface area contributed by atoms with Crippen molar-refractivity contribution in [2.24, 2.45) is 46.3 Å². The number of nitrogens with zero attached hydrogens (tertiary/aromatic N) is 2. The number of hydrogen-bond acceptors (Lipinski definition) is 1. The number of hydrogen-bond donors (Lipinski definition) is 0. The monoisotopic (exact) mass is 798 g/mol. The third kappa shape index (κ3) is 3.19. The molecule has 7 atom stereocenters. The van der Waals surface area contributed by atoms with E-state index in [0.717, 1.165) is 35.5 Å². The summed E-state index contributed by atoms with van der Waals surface area (Å²) in [5.41, 5.74) is 23.8. The largest absolute Gasteiger partial charge is 0.376 e. The van der Waals surface area contributed by atoms with Crippen molar-refractivity contribution in [2.75, 3.05) is 4.81 Å². The molecule has 2 nitrogen and oxygen atoms in total. The number of rotatable bonds is 3. The fourth-order valence-corrected chi connectivity index (χ4v) is 20.0. The summed E-state index contributed by atoms with van der Waals surface area (Å²) in [5, 5.41) is 3.06. The highest BCUT2D eigenvalue weighted by atomic mass is 15.1. The number of aromatic nitrogens is 1. The fraction of sp³-hybridized carbons (Fsp3) is 0.390. The summed E-state index contributed by atoms with van der Waals surface area (Å²) in [7, 11) is 0. The average molecular weight is 799 g/mol. The fourth-order valence-electron chi connectivity index (χ4n) is 20.0. The topological polar surface area (TPSA) is 8.17 Å². The first kappa shape index (κ1) is 32.6. The zero-order chi connectivity index (χ0) is 40.0. The molecule has 2 spiro atoms. The molecule has 3 heteroatoms. The van der Waals surface area contributed by atoms with Gasteiger partial charge in [0.15, 0.2) is 0 Å². The first-order chi connectivity index (χ1) is 30.3. The van der Waals surface area contributed by atoms with Crippen LogP contribution < -0.4 is 15.7 Å². The molecule has 0 N–H and O–H groups in total. The van der Waals surface area contributed by atoms with Crippen molar-refractivity contribution >= 4 is 51.0 Å². The van der Waals surface area contributed by atoms with Crippen molar-refractivity contribution in [3.63, 3.8) is 0 Å². The van der Waals surface area contributed by atoms with Gasteiger partial charge >= 0.3 is 6.85 Å². The van der Waals surface area contributed by atoms with Gasteiger partial charge in [0.2, 0.25) is 0 Å². The second-order valence-corrected chi connectivity index (χ2v) is 24.1. The molecule has 6 aromatic carbocycles. The first-order valence-electron chi connectivity index (χ1n) is 24.7. The van der Waals surface area contributed by atoms with Gasteiger partial charge in [-0.05, 0) is 208 Å². The van der Waals surface area contributed by atoms with Crippen LogP contribution in [0.3, 0.4) is 0 Å². The summed E-state index contributed by atoms with van der Waals surface area (Å²) < 4.78 is 2.79. The van der Waals surface area contributed by atoms with Gasteiger partial charge in [-0.1, -0.05) is 92.7 Å². The van der Waals surface area contributed by atoms with Gasteiger partial charge in [0.05, 0.1) is 11.0 Å². The van der Waals surface area contributed by atoms with Gasteiger partial charge in [-0.2, -0.15) is 0 Å². The van der Waals surface area contributed by atoms with Crippen molar-refractivity contribution in [2.45, 2.75) is 94.3 Å². The molecule has 9 aliphatic carbocycles. The van der Waals surface area contributed by atoms with E-state index in [1.165, 1.54) is 142 Å². The van der Waals surface area contributed by atoms with E-state index in [1.807, 2.05) is 0 Å². The molecular formula is C59H51BN2. The highest BCUT2D eigenvalue weighted by Crippen LogP contribution is 2.85. The van der Waals surface area contributed by atoms with Gasteiger partial charge < -0.3 is 9.38 Å². The van der Waals surface area contributed by atoms with Crippen molar-refractivity contribution in [1.82, 2.24) is 4.57 Å². The quantitative estimate of drug-likeness (QED) is 0.162. The summed E-state index contributed by atoms with van der Waals surface area (Å²) in [6.07, 6.45) is 14.7. The van der Waals surface area contributed by atoms with Crippen LogP contribution in [0.2, 0.25) is 0 Å². The van der Waals surface area contributed by atoms with Crippen molar-refractivity contribution in [3.05, 3.63) is 138 Å². The highest BCUT2D eigenvalue weighted by molar-refractivity contribution is 6.93. The van der Waals surface area contributed by atoms with Crippen LogP contribution in [0.4, 0.5) is 11.4 Å². The molecule has 5 bridgehead atoms. The van der Waals surface area contributed by atoms with E-state index in [2.05, 4.69) is 138 Å². The second kappa shape index (κ2) is 9.72.